The third-order valence-corrected chi connectivity index (χ3v) is 12.7. The summed E-state index contributed by atoms with van der Waals surface area (Å²) in [6.07, 6.45) is -1.59. The molecule has 3 aliphatic rings. The maximum absolute atomic E-state index is 16.4. The van der Waals surface area contributed by atoms with Crippen LogP contribution in [0.2, 0.25) is 23.7 Å². The van der Waals surface area contributed by atoms with Crippen LogP contribution in [0, 0.1) is 5.92 Å². The lowest BCUT2D eigenvalue weighted by Gasteiger charge is -2.39. The van der Waals surface area contributed by atoms with E-state index in [0.717, 1.165) is 11.1 Å². The lowest BCUT2D eigenvalue weighted by molar-refractivity contribution is -0.154. The number of esters is 1. The third kappa shape index (κ3) is 6.57. The number of aliphatic hydroxyl groups is 1. The summed E-state index contributed by atoms with van der Waals surface area (Å²) in [5.74, 6) is -1.94. The molecule has 1 spiro atoms. The number of amides is 3. The van der Waals surface area contributed by atoms with Gasteiger partial charge in [0.05, 0.1) is 37.8 Å². The number of carbonyl (C=O) groups is 4. The minimum atomic E-state index is -3.55. The summed E-state index contributed by atoms with van der Waals surface area (Å²) in [5, 5.41) is 10.2. The molecule has 0 radical (unpaired) electrons. The van der Waals surface area contributed by atoms with Gasteiger partial charge >= 0.3 is 5.97 Å². The van der Waals surface area contributed by atoms with Gasteiger partial charge in [0.15, 0.2) is 11.8 Å². The van der Waals surface area contributed by atoms with Crippen LogP contribution < -0.4 is 9.80 Å². The third-order valence-electron chi connectivity index (χ3n) is 10.0. The van der Waals surface area contributed by atoms with Crippen molar-refractivity contribution in [3.63, 3.8) is 0 Å². The van der Waals surface area contributed by atoms with E-state index in [0.29, 0.717) is 22.0 Å². The zero-order chi connectivity index (χ0) is 36.0. The molecule has 5 atom stereocenters. The van der Waals surface area contributed by atoms with Crippen molar-refractivity contribution >= 4 is 55.1 Å². The van der Waals surface area contributed by atoms with Crippen LogP contribution in [-0.4, -0.2) is 67.6 Å². The fourth-order valence-electron chi connectivity index (χ4n) is 7.82. The molecule has 3 aliphatic heterocycles. The second-order valence-corrected chi connectivity index (χ2v) is 18.0. The van der Waals surface area contributed by atoms with Crippen molar-refractivity contribution in [3.8, 4) is 0 Å². The molecule has 1 unspecified atom stereocenters. The molecule has 10 nitrogen and oxygen atoms in total. The molecule has 0 saturated carbocycles. The van der Waals surface area contributed by atoms with Gasteiger partial charge in [-0.3, -0.25) is 24.1 Å². The average Bonchev–Trinajstić information content (AvgIpc) is 3.47. The molecule has 0 aromatic heterocycles. The SMILES string of the molecule is CC(=O)OC1CC(=O)N1c1ccc(CN2C(=O)[C@]3(O[C@H](CC(=O)N(CCO)Cc4ccccc4)[C@@H]([Si](C)(C)F)[C@@H]3C)c3cc(Cl)ccc32)cc1. The number of fused-ring (bicyclic) bond motifs is 2. The molecule has 50 heavy (non-hydrogen) atoms. The number of anilines is 2. The quantitative estimate of drug-likeness (QED) is 0.117. The molecule has 3 aromatic rings. The summed E-state index contributed by atoms with van der Waals surface area (Å²) in [5.41, 5.74) is 1.05. The van der Waals surface area contributed by atoms with Crippen molar-refractivity contribution in [2.24, 2.45) is 5.92 Å². The summed E-state index contributed by atoms with van der Waals surface area (Å²) in [6.45, 7) is 6.56. The van der Waals surface area contributed by atoms with Gasteiger partial charge < -0.3 is 28.5 Å². The van der Waals surface area contributed by atoms with Crippen LogP contribution in [0.5, 0.6) is 0 Å². The molecule has 0 aliphatic carbocycles. The van der Waals surface area contributed by atoms with Crippen LogP contribution in [0.1, 0.15) is 43.4 Å². The highest BCUT2D eigenvalue weighted by molar-refractivity contribution is 6.72. The van der Waals surface area contributed by atoms with E-state index in [-0.39, 0.29) is 56.8 Å². The molecule has 0 bridgehead atoms. The van der Waals surface area contributed by atoms with E-state index in [2.05, 4.69) is 0 Å². The lowest BCUT2D eigenvalue weighted by Crippen LogP contribution is -2.54. The monoisotopic (exact) mass is 721 g/mol. The topological polar surface area (TPSA) is 117 Å². The molecule has 6 rings (SSSR count). The first-order valence-corrected chi connectivity index (χ1v) is 20.1. The Morgan fingerprint density at radius 2 is 1.78 bits per heavy atom. The molecule has 3 aromatic carbocycles. The Morgan fingerprint density at radius 3 is 2.40 bits per heavy atom. The molecule has 2 fully saturated rings. The summed E-state index contributed by atoms with van der Waals surface area (Å²) in [4.78, 5) is 56.9. The highest BCUT2D eigenvalue weighted by atomic mass is 35.5. The average molecular weight is 722 g/mol. The number of ether oxygens (including phenoxy) is 2. The van der Waals surface area contributed by atoms with Crippen LogP contribution in [-0.2, 0) is 47.3 Å². The van der Waals surface area contributed by atoms with Crippen LogP contribution in [0.15, 0.2) is 72.8 Å². The molecule has 3 heterocycles. The van der Waals surface area contributed by atoms with E-state index in [4.69, 9.17) is 21.1 Å². The molecule has 3 amide bonds. The van der Waals surface area contributed by atoms with Crippen molar-refractivity contribution in [1.82, 2.24) is 4.90 Å². The molecular formula is C37H41ClFN3O7Si. The smallest absolute Gasteiger partial charge is 0.304 e. The highest BCUT2D eigenvalue weighted by Crippen LogP contribution is 2.60. The van der Waals surface area contributed by atoms with E-state index >= 15 is 4.11 Å². The van der Waals surface area contributed by atoms with Crippen LogP contribution in [0.25, 0.3) is 0 Å². The van der Waals surface area contributed by atoms with Crippen molar-refractivity contribution < 1.29 is 37.9 Å². The lowest BCUT2D eigenvalue weighted by atomic mass is 9.82. The number of hydrogen-bond acceptors (Lipinski definition) is 7. The predicted octanol–water partition coefficient (Wildman–Crippen LogP) is 5.70. The molecule has 13 heteroatoms. The molecule has 1 N–H and O–H groups in total. The first kappa shape index (κ1) is 35.7. The standard InChI is InChI=1S/C37H41ClFN3O7Si/c1-23-35(50(3,4)39)31(19-32(45)40(16-17-43)21-25-8-6-5-7-9-25)49-37(23)29-18-27(38)12-15-30(29)41(36(37)47)22-26-10-13-28(14-11-26)42-33(46)20-34(42)48-24(2)44/h5-15,18,23,31,34-35,43H,16-17,19-22H2,1-4H3/t23-,31+,34?,35-,37+/m0/s1. The minimum absolute atomic E-state index is 0.0997. The van der Waals surface area contributed by atoms with Crippen LogP contribution in [0.3, 0.4) is 0 Å². The van der Waals surface area contributed by atoms with Gasteiger partial charge in [0.1, 0.15) is 0 Å². The normalized spacial score (nSPS) is 24.4. The number of carbonyl (C=O) groups excluding carboxylic acids is 4. The van der Waals surface area contributed by atoms with Crippen molar-refractivity contribution in [3.05, 3.63) is 94.5 Å². The maximum atomic E-state index is 16.4. The van der Waals surface area contributed by atoms with Gasteiger partial charge in [0, 0.05) is 47.7 Å². The van der Waals surface area contributed by atoms with E-state index in [1.165, 1.54) is 16.7 Å². The Bertz CT molecular complexity index is 1790. The fraction of sp³-hybridized carbons (Fsp3) is 0.405. The van der Waals surface area contributed by atoms with E-state index < -0.39 is 43.8 Å². The molecule has 264 valence electrons. The number of benzene rings is 3. The Hall–Kier alpha value is -4.10. The Kier molecular flexibility index (Phi) is 9.93. The number of halogens is 2. The number of rotatable bonds is 11. The van der Waals surface area contributed by atoms with E-state index in [1.54, 1.807) is 60.5 Å². The fourth-order valence-corrected chi connectivity index (χ4v) is 10.5. The Balaban J connectivity index is 1.29. The summed E-state index contributed by atoms with van der Waals surface area (Å²) < 4.78 is 28.3. The first-order chi connectivity index (χ1) is 23.7. The molecule has 2 saturated heterocycles. The maximum Gasteiger partial charge on any atom is 0.304 e. The van der Waals surface area contributed by atoms with E-state index in [9.17, 15) is 24.3 Å². The number of nitrogens with zero attached hydrogens (tertiary/aromatic N) is 3. The predicted molar refractivity (Wildman–Crippen MR) is 188 cm³/mol. The van der Waals surface area contributed by atoms with E-state index in [1.807, 2.05) is 37.3 Å². The highest BCUT2D eigenvalue weighted by Gasteiger charge is 2.67. The number of hydrogen-bond donors (Lipinski definition) is 1. The second kappa shape index (κ2) is 13.9. The van der Waals surface area contributed by atoms with Gasteiger partial charge in [0.2, 0.25) is 20.2 Å². The van der Waals surface area contributed by atoms with Crippen molar-refractivity contribution in [1.29, 1.82) is 0 Å². The van der Waals surface area contributed by atoms with Gasteiger partial charge in [-0.2, -0.15) is 0 Å². The molecular weight excluding hydrogens is 681 g/mol. The number of aliphatic hydroxyl groups excluding tert-OH is 1. The zero-order valence-electron chi connectivity index (χ0n) is 28.5. The van der Waals surface area contributed by atoms with Crippen molar-refractivity contribution in [2.75, 3.05) is 23.0 Å². The van der Waals surface area contributed by atoms with Gasteiger partial charge in [-0.25, -0.2) is 0 Å². The van der Waals surface area contributed by atoms with Gasteiger partial charge in [-0.1, -0.05) is 61.0 Å². The Morgan fingerprint density at radius 1 is 1.08 bits per heavy atom. The summed E-state index contributed by atoms with van der Waals surface area (Å²) in [6, 6.07) is 21.6. The minimum Gasteiger partial charge on any atom is -0.441 e. The van der Waals surface area contributed by atoms with Crippen molar-refractivity contribution in [2.45, 2.75) is 76.3 Å². The summed E-state index contributed by atoms with van der Waals surface area (Å²) in [7, 11) is -3.55. The largest absolute Gasteiger partial charge is 0.441 e. The second-order valence-electron chi connectivity index (χ2n) is 13.8. The van der Waals surface area contributed by atoms with Gasteiger partial charge in [-0.05, 0) is 54.6 Å². The van der Waals surface area contributed by atoms with Gasteiger partial charge in [-0.15, -0.1) is 0 Å². The van der Waals surface area contributed by atoms with Gasteiger partial charge in [0.25, 0.3) is 5.91 Å². The Labute approximate surface area is 296 Å². The van der Waals surface area contributed by atoms with Crippen LogP contribution in [0.4, 0.5) is 15.5 Å². The zero-order valence-corrected chi connectivity index (χ0v) is 30.2. The summed E-state index contributed by atoms with van der Waals surface area (Å²) >= 11 is 6.51. The first-order valence-electron chi connectivity index (χ1n) is 16.7. The van der Waals surface area contributed by atoms with Crippen LogP contribution >= 0.6 is 11.6 Å². The number of β-lactam (4-membered cyclic amide) rings is 1.